The summed E-state index contributed by atoms with van der Waals surface area (Å²) in [6.07, 6.45) is 2.04. The lowest BCUT2D eigenvalue weighted by Crippen LogP contribution is -2.38. The van der Waals surface area contributed by atoms with E-state index in [1.807, 2.05) is 45.9 Å². The van der Waals surface area contributed by atoms with Crippen LogP contribution < -0.4 is 10.6 Å². The molecule has 1 fully saturated rings. The van der Waals surface area contributed by atoms with E-state index in [2.05, 4.69) is 51.5 Å². The molecular formula is C27H42N4O3. The van der Waals surface area contributed by atoms with Crippen molar-refractivity contribution in [2.75, 3.05) is 46.7 Å². The van der Waals surface area contributed by atoms with Gasteiger partial charge in [0.15, 0.2) is 0 Å². The summed E-state index contributed by atoms with van der Waals surface area (Å²) in [4.78, 5) is 21.8. The van der Waals surface area contributed by atoms with Crippen LogP contribution in [-0.2, 0) is 9.53 Å². The van der Waals surface area contributed by atoms with Crippen LogP contribution in [0.4, 0.5) is 5.69 Å². The fourth-order valence-corrected chi connectivity index (χ4v) is 3.71. The number of hydrogen-bond acceptors (Lipinski definition) is 5. The number of carbonyl (C=O) groups excluding carboxylic acids is 2. The van der Waals surface area contributed by atoms with Crippen molar-refractivity contribution < 1.29 is 14.3 Å². The van der Waals surface area contributed by atoms with Crippen molar-refractivity contribution in [2.24, 2.45) is 0 Å². The molecule has 0 aromatic heterocycles. The molecule has 1 aliphatic heterocycles. The van der Waals surface area contributed by atoms with E-state index >= 15 is 0 Å². The molecule has 3 rings (SSSR count). The number of hydrogen-bond donors (Lipinski definition) is 3. The summed E-state index contributed by atoms with van der Waals surface area (Å²) in [6.45, 7) is 9.83. The van der Waals surface area contributed by atoms with Gasteiger partial charge in [-0.3, -0.25) is 10.2 Å². The van der Waals surface area contributed by atoms with E-state index in [4.69, 9.17) is 10.2 Å². The Hall–Kier alpha value is -3.19. The SMILES string of the molecule is C=O.CC.CNC(=O)c1ccc(C2CCN(C(=N)c3ccc(C)c(NC)c3)CC2)cc1.COC. The number of amidine groups is 1. The number of carbonyl (C=O) groups is 2. The number of nitrogens with one attached hydrogen (secondary N) is 3. The Morgan fingerprint density at radius 3 is 1.97 bits per heavy atom. The number of likely N-dealkylation sites (tertiary alicyclic amines) is 1. The Kier molecular flexibility index (Phi) is 15.7. The number of rotatable bonds is 4. The van der Waals surface area contributed by atoms with Gasteiger partial charge < -0.3 is 25.1 Å². The maximum absolute atomic E-state index is 11.7. The van der Waals surface area contributed by atoms with E-state index in [9.17, 15) is 4.79 Å². The summed E-state index contributed by atoms with van der Waals surface area (Å²) in [5.41, 5.74) is 5.19. The first-order valence-electron chi connectivity index (χ1n) is 11.6. The molecule has 0 aliphatic carbocycles. The third kappa shape index (κ3) is 8.98. The largest absolute Gasteiger partial charge is 0.388 e. The molecule has 0 bridgehead atoms. The van der Waals surface area contributed by atoms with E-state index in [-0.39, 0.29) is 5.91 Å². The highest BCUT2D eigenvalue weighted by Gasteiger charge is 2.23. The lowest BCUT2D eigenvalue weighted by Gasteiger charge is -2.34. The Bertz CT molecular complexity index is 861. The molecule has 2 aromatic carbocycles. The summed E-state index contributed by atoms with van der Waals surface area (Å²) < 4.78 is 4.25. The molecule has 0 saturated carbocycles. The maximum atomic E-state index is 11.7. The highest BCUT2D eigenvalue weighted by atomic mass is 16.4. The van der Waals surface area contributed by atoms with Crippen LogP contribution >= 0.6 is 0 Å². The van der Waals surface area contributed by atoms with Crippen LogP contribution in [0.25, 0.3) is 0 Å². The zero-order valence-electron chi connectivity index (χ0n) is 21.8. The van der Waals surface area contributed by atoms with E-state index in [0.29, 0.717) is 17.3 Å². The molecule has 0 atom stereocenters. The fourth-order valence-electron chi connectivity index (χ4n) is 3.71. The fraction of sp³-hybridized carbons (Fsp3) is 0.444. The Morgan fingerprint density at radius 1 is 1.00 bits per heavy atom. The lowest BCUT2D eigenvalue weighted by molar-refractivity contribution is -0.0980. The van der Waals surface area contributed by atoms with E-state index in [1.54, 1.807) is 21.3 Å². The van der Waals surface area contributed by atoms with Crippen LogP contribution in [0.1, 0.15) is 59.7 Å². The van der Waals surface area contributed by atoms with Crippen LogP contribution in [0, 0.1) is 12.3 Å². The molecule has 1 heterocycles. The Balaban J connectivity index is 0.00000141. The van der Waals surface area contributed by atoms with Crippen LogP contribution in [0.15, 0.2) is 42.5 Å². The summed E-state index contributed by atoms with van der Waals surface area (Å²) in [7, 11) is 6.81. The van der Waals surface area contributed by atoms with Gasteiger partial charge in [-0.25, -0.2) is 0 Å². The van der Waals surface area contributed by atoms with Gasteiger partial charge in [-0.1, -0.05) is 38.1 Å². The zero-order valence-corrected chi connectivity index (χ0v) is 21.8. The van der Waals surface area contributed by atoms with Gasteiger partial charge in [0.25, 0.3) is 5.91 Å². The smallest absolute Gasteiger partial charge is 0.251 e. The number of anilines is 1. The highest BCUT2D eigenvalue weighted by Crippen LogP contribution is 2.29. The molecule has 1 amide bonds. The molecule has 1 saturated heterocycles. The van der Waals surface area contributed by atoms with E-state index in [0.717, 1.165) is 37.2 Å². The first-order chi connectivity index (χ1) is 16.4. The molecule has 0 spiro atoms. The number of ether oxygens (including phenoxy) is 1. The third-order valence-corrected chi connectivity index (χ3v) is 5.46. The van der Waals surface area contributed by atoms with Crippen molar-refractivity contribution in [1.82, 2.24) is 10.2 Å². The molecule has 3 N–H and O–H groups in total. The number of amides is 1. The predicted molar refractivity (Wildman–Crippen MR) is 142 cm³/mol. The van der Waals surface area contributed by atoms with Crippen molar-refractivity contribution >= 4 is 24.2 Å². The zero-order chi connectivity index (χ0) is 26.1. The van der Waals surface area contributed by atoms with Crippen LogP contribution in [0.5, 0.6) is 0 Å². The van der Waals surface area contributed by atoms with Gasteiger partial charge >= 0.3 is 0 Å². The standard InChI is InChI=1S/C22H28N4O.C2H6O.C2H6.CH2O/c1-15-4-5-19(14-20(15)24-2)21(23)26-12-10-17(11-13-26)16-6-8-18(9-7-16)22(27)25-3;1-3-2;2*1-2/h4-9,14,17,23-24H,10-13H2,1-3H3,(H,25,27);1-2H3;1-2H3;1H2. The summed E-state index contributed by atoms with van der Waals surface area (Å²) in [6, 6.07) is 14.1. The van der Waals surface area contributed by atoms with Gasteiger partial charge in [0, 0.05) is 58.2 Å². The van der Waals surface area contributed by atoms with Gasteiger partial charge in [-0.2, -0.15) is 0 Å². The minimum atomic E-state index is -0.0520. The Labute approximate surface area is 205 Å². The van der Waals surface area contributed by atoms with Crippen molar-refractivity contribution in [1.29, 1.82) is 5.41 Å². The van der Waals surface area contributed by atoms with Crippen molar-refractivity contribution in [3.05, 3.63) is 64.7 Å². The number of aryl methyl sites for hydroxylation is 1. The third-order valence-electron chi connectivity index (χ3n) is 5.46. The van der Waals surface area contributed by atoms with Gasteiger partial charge in [-0.15, -0.1) is 0 Å². The number of benzene rings is 2. The van der Waals surface area contributed by atoms with E-state index < -0.39 is 0 Å². The molecule has 7 heteroatoms. The van der Waals surface area contributed by atoms with Gasteiger partial charge in [0.1, 0.15) is 12.6 Å². The van der Waals surface area contributed by atoms with Crippen LogP contribution in [0.2, 0.25) is 0 Å². The van der Waals surface area contributed by atoms with Gasteiger partial charge in [0.05, 0.1) is 0 Å². The molecule has 0 radical (unpaired) electrons. The number of piperidine rings is 1. The number of nitrogens with zero attached hydrogens (tertiary/aromatic N) is 1. The summed E-state index contributed by atoms with van der Waals surface area (Å²) in [5.74, 6) is 1.03. The molecular weight excluding hydrogens is 428 g/mol. The molecule has 188 valence electrons. The van der Waals surface area contributed by atoms with Crippen molar-refractivity contribution in [3.63, 3.8) is 0 Å². The maximum Gasteiger partial charge on any atom is 0.251 e. The van der Waals surface area contributed by atoms with Gasteiger partial charge in [0.2, 0.25) is 0 Å². The lowest BCUT2D eigenvalue weighted by atomic mass is 9.88. The van der Waals surface area contributed by atoms with Crippen LogP contribution in [0.3, 0.4) is 0 Å². The minimum absolute atomic E-state index is 0.0520. The Morgan fingerprint density at radius 2 is 1.50 bits per heavy atom. The second-order valence-electron chi connectivity index (χ2n) is 7.50. The average molecular weight is 471 g/mol. The second kappa shape index (κ2) is 17.3. The quantitative estimate of drug-likeness (QED) is 0.445. The molecule has 7 nitrogen and oxygen atoms in total. The molecule has 2 aromatic rings. The first kappa shape index (κ1) is 30.8. The van der Waals surface area contributed by atoms with Crippen molar-refractivity contribution in [3.8, 4) is 0 Å². The minimum Gasteiger partial charge on any atom is -0.388 e. The second-order valence-corrected chi connectivity index (χ2v) is 7.50. The molecule has 0 unspecified atom stereocenters. The number of methoxy groups -OCH3 is 1. The first-order valence-corrected chi connectivity index (χ1v) is 11.6. The normalized spacial score (nSPS) is 12.5. The van der Waals surface area contributed by atoms with E-state index in [1.165, 1.54) is 11.1 Å². The molecule has 34 heavy (non-hydrogen) atoms. The average Bonchev–Trinajstić information content (AvgIpc) is 2.91. The van der Waals surface area contributed by atoms with Crippen LogP contribution in [-0.4, -0.2) is 64.8 Å². The molecule has 1 aliphatic rings. The monoisotopic (exact) mass is 470 g/mol. The van der Waals surface area contributed by atoms with Gasteiger partial charge in [-0.05, 0) is 55.0 Å². The predicted octanol–water partition coefficient (Wildman–Crippen LogP) is 4.71. The topological polar surface area (TPSA) is 94.5 Å². The highest BCUT2D eigenvalue weighted by molar-refractivity contribution is 5.97. The van der Waals surface area contributed by atoms with Crippen molar-refractivity contribution in [2.45, 2.75) is 39.5 Å². The summed E-state index contributed by atoms with van der Waals surface area (Å²) in [5, 5.41) is 14.4. The summed E-state index contributed by atoms with van der Waals surface area (Å²) >= 11 is 0.